The summed E-state index contributed by atoms with van der Waals surface area (Å²) in [4.78, 5) is 14.3. The first-order valence-corrected chi connectivity index (χ1v) is 8.52. The molecule has 0 N–H and O–H groups in total. The fraction of sp³-hybridized carbons (Fsp3) is 0.611. The molecule has 0 saturated carbocycles. The van der Waals surface area contributed by atoms with Crippen molar-refractivity contribution in [2.75, 3.05) is 53.2 Å². The van der Waals surface area contributed by atoms with Crippen molar-refractivity contribution in [2.24, 2.45) is 0 Å². The van der Waals surface area contributed by atoms with Gasteiger partial charge in [0.05, 0.1) is 18.8 Å². The molecular weight excluding hydrogens is 310 g/mol. The van der Waals surface area contributed by atoms with Crippen LogP contribution in [0.3, 0.4) is 0 Å². The van der Waals surface area contributed by atoms with Gasteiger partial charge in [0, 0.05) is 13.7 Å². The molecule has 0 radical (unpaired) electrons. The molecule has 1 aromatic rings. The highest BCUT2D eigenvalue weighted by molar-refractivity contribution is 5.90. The van der Waals surface area contributed by atoms with Gasteiger partial charge < -0.3 is 18.9 Å². The minimum Gasteiger partial charge on any atom is -0.488 e. The monoisotopic (exact) mass is 337 g/mol. The highest BCUT2D eigenvalue weighted by atomic mass is 16.5. The van der Waals surface area contributed by atoms with E-state index in [4.69, 9.17) is 18.9 Å². The van der Waals surface area contributed by atoms with Crippen LogP contribution in [0.4, 0.5) is 0 Å². The van der Waals surface area contributed by atoms with Gasteiger partial charge in [-0.05, 0) is 51.1 Å². The van der Waals surface area contributed by atoms with E-state index in [1.165, 1.54) is 12.8 Å². The van der Waals surface area contributed by atoms with Crippen LogP contribution < -0.4 is 9.47 Å². The summed E-state index contributed by atoms with van der Waals surface area (Å²) in [5.41, 5.74) is 0.455. The molecule has 1 aromatic carbocycles. The number of carbonyl (C=O) groups excluding carboxylic acids is 1. The Kier molecular flexibility index (Phi) is 7.85. The summed E-state index contributed by atoms with van der Waals surface area (Å²) >= 11 is 0. The Morgan fingerprint density at radius 1 is 1.08 bits per heavy atom. The van der Waals surface area contributed by atoms with Gasteiger partial charge >= 0.3 is 5.97 Å². The summed E-state index contributed by atoms with van der Waals surface area (Å²) in [5, 5.41) is 0. The summed E-state index contributed by atoms with van der Waals surface area (Å²) < 4.78 is 21.6. The number of rotatable bonds is 10. The number of methoxy groups -OCH3 is 1. The molecule has 134 valence electrons. The zero-order chi connectivity index (χ0) is 17.2. The van der Waals surface area contributed by atoms with Gasteiger partial charge in [0.15, 0.2) is 11.5 Å². The highest BCUT2D eigenvalue weighted by Gasteiger charge is 2.14. The van der Waals surface area contributed by atoms with Gasteiger partial charge in [0.2, 0.25) is 0 Å². The normalized spacial score (nSPS) is 14.6. The Balaban J connectivity index is 1.98. The molecule has 6 heteroatoms. The van der Waals surface area contributed by atoms with Gasteiger partial charge in [0.1, 0.15) is 13.2 Å². The zero-order valence-corrected chi connectivity index (χ0v) is 14.6. The zero-order valence-electron chi connectivity index (χ0n) is 14.6. The number of likely N-dealkylation sites (tertiary alicyclic amines) is 1. The average Bonchev–Trinajstić information content (AvgIpc) is 3.10. The number of ether oxygens (including phenoxy) is 4. The molecule has 0 unspecified atom stereocenters. The summed E-state index contributed by atoms with van der Waals surface area (Å²) in [6, 6.07) is 5.13. The number of hydrogen-bond donors (Lipinski definition) is 0. The lowest BCUT2D eigenvalue weighted by Crippen LogP contribution is -2.25. The van der Waals surface area contributed by atoms with Gasteiger partial charge in [-0.15, -0.1) is 0 Å². The van der Waals surface area contributed by atoms with E-state index in [9.17, 15) is 4.79 Å². The van der Waals surface area contributed by atoms with Crippen molar-refractivity contribution in [3.05, 3.63) is 23.8 Å². The first-order valence-electron chi connectivity index (χ1n) is 8.52. The van der Waals surface area contributed by atoms with Crippen LogP contribution in [0, 0.1) is 0 Å². The van der Waals surface area contributed by atoms with Crippen molar-refractivity contribution < 1.29 is 23.7 Å². The van der Waals surface area contributed by atoms with Gasteiger partial charge in [-0.25, -0.2) is 4.79 Å². The third-order valence-corrected chi connectivity index (χ3v) is 3.86. The molecule has 0 aromatic heterocycles. The van der Waals surface area contributed by atoms with E-state index in [0.29, 0.717) is 43.5 Å². The molecule has 2 rings (SSSR count). The van der Waals surface area contributed by atoms with Gasteiger partial charge in [-0.2, -0.15) is 0 Å². The fourth-order valence-corrected chi connectivity index (χ4v) is 2.61. The molecule has 0 atom stereocenters. The SMILES string of the molecule is CCOC(=O)c1ccc(OCCN2CCCC2)c(OCCOC)c1. The summed E-state index contributed by atoms with van der Waals surface area (Å²) in [7, 11) is 1.62. The smallest absolute Gasteiger partial charge is 0.338 e. The van der Waals surface area contributed by atoms with Crippen molar-refractivity contribution in [1.82, 2.24) is 4.90 Å². The first-order chi connectivity index (χ1) is 11.7. The molecule has 1 aliphatic rings. The number of carbonyl (C=O) groups is 1. The largest absolute Gasteiger partial charge is 0.488 e. The average molecular weight is 337 g/mol. The topological polar surface area (TPSA) is 57.2 Å². The van der Waals surface area contributed by atoms with E-state index < -0.39 is 0 Å². The minimum atomic E-state index is -0.363. The van der Waals surface area contributed by atoms with Crippen molar-refractivity contribution in [3.63, 3.8) is 0 Å². The molecule has 0 aliphatic carbocycles. The number of benzene rings is 1. The molecule has 1 saturated heterocycles. The van der Waals surface area contributed by atoms with Crippen LogP contribution in [0.25, 0.3) is 0 Å². The van der Waals surface area contributed by atoms with E-state index in [-0.39, 0.29) is 5.97 Å². The Morgan fingerprint density at radius 3 is 2.54 bits per heavy atom. The lowest BCUT2D eigenvalue weighted by atomic mass is 10.2. The molecule has 1 heterocycles. The Morgan fingerprint density at radius 2 is 1.83 bits per heavy atom. The lowest BCUT2D eigenvalue weighted by molar-refractivity contribution is 0.0525. The summed E-state index contributed by atoms with van der Waals surface area (Å²) in [6.07, 6.45) is 2.53. The maximum absolute atomic E-state index is 11.9. The van der Waals surface area contributed by atoms with E-state index in [0.717, 1.165) is 19.6 Å². The van der Waals surface area contributed by atoms with E-state index in [1.807, 2.05) is 0 Å². The summed E-state index contributed by atoms with van der Waals surface area (Å²) in [5.74, 6) is 0.815. The lowest BCUT2D eigenvalue weighted by Gasteiger charge is -2.17. The third-order valence-electron chi connectivity index (χ3n) is 3.86. The van der Waals surface area contributed by atoms with Crippen LogP contribution in [0.2, 0.25) is 0 Å². The van der Waals surface area contributed by atoms with Crippen LogP contribution in [0.1, 0.15) is 30.1 Å². The number of nitrogens with zero attached hydrogens (tertiary/aromatic N) is 1. The predicted molar refractivity (Wildman–Crippen MR) is 90.9 cm³/mol. The number of hydrogen-bond acceptors (Lipinski definition) is 6. The van der Waals surface area contributed by atoms with Crippen LogP contribution >= 0.6 is 0 Å². The molecule has 0 spiro atoms. The maximum atomic E-state index is 11.9. The van der Waals surface area contributed by atoms with Crippen LogP contribution in [-0.2, 0) is 9.47 Å². The maximum Gasteiger partial charge on any atom is 0.338 e. The van der Waals surface area contributed by atoms with Gasteiger partial charge in [0.25, 0.3) is 0 Å². The van der Waals surface area contributed by atoms with Gasteiger partial charge in [-0.1, -0.05) is 0 Å². The number of esters is 1. The van der Waals surface area contributed by atoms with Gasteiger partial charge in [-0.3, -0.25) is 4.90 Å². The van der Waals surface area contributed by atoms with Crippen molar-refractivity contribution in [2.45, 2.75) is 19.8 Å². The standard InChI is InChI=1S/C18H27NO5/c1-3-22-18(20)15-6-7-16(17(14-15)24-13-12-21-2)23-11-10-19-8-4-5-9-19/h6-7,14H,3-5,8-13H2,1-2H3. The van der Waals surface area contributed by atoms with E-state index in [2.05, 4.69) is 4.90 Å². The molecule has 24 heavy (non-hydrogen) atoms. The first kappa shape index (κ1) is 18.5. The Bertz CT molecular complexity index is 514. The minimum absolute atomic E-state index is 0.340. The molecule has 0 bridgehead atoms. The van der Waals surface area contributed by atoms with E-state index >= 15 is 0 Å². The molecule has 1 fully saturated rings. The predicted octanol–water partition coefficient (Wildman–Crippen LogP) is 2.36. The van der Waals surface area contributed by atoms with Crippen molar-refractivity contribution >= 4 is 5.97 Å². The van der Waals surface area contributed by atoms with Crippen LogP contribution in [0.15, 0.2) is 18.2 Å². The van der Waals surface area contributed by atoms with Crippen molar-refractivity contribution in [3.8, 4) is 11.5 Å². The second-order valence-corrected chi connectivity index (χ2v) is 5.62. The Labute approximate surface area is 143 Å². The third kappa shape index (κ3) is 5.69. The van der Waals surface area contributed by atoms with Crippen LogP contribution in [0.5, 0.6) is 11.5 Å². The Hall–Kier alpha value is -1.79. The molecule has 1 aliphatic heterocycles. The molecule has 6 nitrogen and oxygen atoms in total. The molecule has 0 amide bonds. The summed E-state index contributed by atoms with van der Waals surface area (Å²) in [6.45, 7) is 6.76. The fourth-order valence-electron chi connectivity index (χ4n) is 2.61. The van der Waals surface area contributed by atoms with E-state index in [1.54, 1.807) is 32.2 Å². The second kappa shape index (κ2) is 10.2. The quantitative estimate of drug-likeness (QED) is 0.483. The van der Waals surface area contributed by atoms with Crippen LogP contribution in [-0.4, -0.2) is 64.0 Å². The second-order valence-electron chi connectivity index (χ2n) is 5.62. The highest BCUT2D eigenvalue weighted by Crippen LogP contribution is 2.29. The van der Waals surface area contributed by atoms with Crippen molar-refractivity contribution in [1.29, 1.82) is 0 Å². The molecular formula is C18H27NO5.